The topological polar surface area (TPSA) is 41.5 Å². The molecule has 0 aliphatic carbocycles. The zero-order valence-corrected chi connectivity index (χ0v) is 12.1. The molecule has 0 aliphatic rings. The number of hydrogen-bond donors (Lipinski definition) is 2. The van der Waals surface area contributed by atoms with Crippen molar-refractivity contribution in [3.05, 3.63) is 15.8 Å². The van der Waals surface area contributed by atoms with Gasteiger partial charge in [-0.1, -0.05) is 0 Å². The lowest BCUT2D eigenvalue weighted by atomic mass is 10.1. The third-order valence-electron chi connectivity index (χ3n) is 2.54. The minimum atomic E-state index is -0.478. The van der Waals surface area contributed by atoms with E-state index in [9.17, 15) is 5.11 Å². The molecule has 1 rings (SSSR count). The molecule has 1 heterocycles. The molecule has 98 valence electrons. The number of aliphatic hydroxyl groups is 1. The van der Waals surface area contributed by atoms with Crippen LogP contribution in [0.1, 0.15) is 31.2 Å². The molecule has 0 radical (unpaired) electrons. The summed E-state index contributed by atoms with van der Waals surface area (Å²) >= 11 is 1.68. The Morgan fingerprint density at radius 3 is 2.53 bits per heavy atom. The maximum absolute atomic E-state index is 9.79. The molecule has 0 saturated heterocycles. The second-order valence-electron chi connectivity index (χ2n) is 5.38. The van der Waals surface area contributed by atoms with Gasteiger partial charge in [-0.25, -0.2) is 0 Å². The lowest BCUT2D eigenvalue weighted by Crippen LogP contribution is -2.42. The van der Waals surface area contributed by atoms with Crippen LogP contribution >= 0.6 is 11.3 Å². The Labute approximate surface area is 108 Å². The maximum Gasteiger partial charge on any atom is 0.133 e. The molecule has 0 saturated carbocycles. The SMILES string of the molecule is Cc1scc(OCC(O)CNC(C)(C)C)c1C. The van der Waals surface area contributed by atoms with Gasteiger partial charge < -0.3 is 15.2 Å². The number of thiophene rings is 1. The number of aryl methyl sites for hydroxylation is 1. The fourth-order valence-electron chi connectivity index (χ4n) is 1.30. The van der Waals surface area contributed by atoms with E-state index in [-0.39, 0.29) is 5.54 Å². The lowest BCUT2D eigenvalue weighted by molar-refractivity contribution is 0.0999. The molecule has 1 aromatic heterocycles. The first-order valence-electron chi connectivity index (χ1n) is 5.90. The van der Waals surface area contributed by atoms with Gasteiger partial charge in [-0.05, 0) is 34.6 Å². The van der Waals surface area contributed by atoms with E-state index >= 15 is 0 Å². The Kier molecular flexibility index (Phi) is 4.98. The summed E-state index contributed by atoms with van der Waals surface area (Å²) in [4.78, 5) is 1.27. The maximum atomic E-state index is 9.79. The first-order chi connectivity index (χ1) is 7.79. The van der Waals surface area contributed by atoms with E-state index in [1.807, 2.05) is 12.3 Å². The summed E-state index contributed by atoms with van der Waals surface area (Å²) in [5.41, 5.74) is 1.20. The van der Waals surface area contributed by atoms with Crippen molar-refractivity contribution in [3.8, 4) is 5.75 Å². The number of β-amino-alcohol motifs (C(OH)–C–C–N with tert-alkyl or cyclic N) is 1. The van der Waals surface area contributed by atoms with Crippen molar-refractivity contribution in [2.24, 2.45) is 0 Å². The summed E-state index contributed by atoms with van der Waals surface area (Å²) < 4.78 is 5.61. The Balaban J connectivity index is 2.33. The molecule has 1 atom stereocenters. The normalized spacial score (nSPS) is 13.8. The van der Waals surface area contributed by atoms with E-state index in [1.54, 1.807) is 11.3 Å². The fourth-order valence-corrected chi connectivity index (χ4v) is 2.11. The summed E-state index contributed by atoms with van der Waals surface area (Å²) in [7, 11) is 0. The minimum Gasteiger partial charge on any atom is -0.490 e. The van der Waals surface area contributed by atoms with Crippen LogP contribution in [0.4, 0.5) is 0 Å². The highest BCUT2D eigenvalue weighted by Gasteiger charge is 2.13. The number of ether oxygens (including phenoxy) is 1. The highest BCUT2D eigenvalue weighted by atomic mass is 32.1. The molecule has 0 aromatic carbocycles. The lowest BCUT2D eigenvalue weighted by Gasteiger charge is -2.22. The molecule has 1 aromatic rings. The number of hydrogen-bond acceptors (Lipinski definition) is 4. The molecule has 4 heteroatoms. The van der Waals surface area contributed by atoms with E-state index < -0.39 is 6.10 Å². The van der Waals surface area contributed by atoms with Crippen LogP contribution in [0.5, 0.6) is 5.75 Å². The van der Waals surface area contributed by atoms with Gasteiger partial charge in [-0.3, -0.25) is 0 Å². The van der Waals surface area contributed by atoms with Crippen molar-refractivity contribution in [1.82, 2.24) is 5.32 Å². The van der Waals surface area contributed by atoms with Crippen molar-refractivity contribution in [2.45, 2.75) is 46.3 Å². The largest absolute Gasteiger partial charge is 0.490 e. The van der Waals surface area contributed by atoms with Crippen molar-refractivity contribution >= 4 is 11.3 Å². The van der Waals surface area contributed by atoms with Crippen LogP contribution in [0.2, 0.25) is 0 Å². The Morgan fingerprint density at radius 1 is 1.41 bits per heavy atom. The zero-order valence-electron chi connectivity index (χ0n) is 11.3. The smallest absolute Gasteiger partial charge is 0.133 e. The predicted molar refractivity (Wildman–Crippen MR) is 73.1 cm³/mol. The molecule has 17 heavy (non-hydrogen) atoms. The van der Waals surface area contributed by atoms with Crippen LogP contribution in [-0.4, -0.2) is 29.9 Å². The van der Waals surface area contributed by atoms with E-state index in [0.717, 1.165) is 5.75 Å². The minimum absolute atomic E-state index is 0.0237. The van der Waals surface area contributed by atoms with Gasteiger partial charge in [0.05, 0.1) is 0 Å². The number of rotatable bonds is 5. The second-order valence-corrected chi connectivity index (χ2v) is 6.46. The van der Waals surface area contributed by atoms with Crippen molar-refractivity contribution in [3.63, 3.8) is 0 Å². The number of aliphatic hydroxyl groups excluding tert-OH is 1. The van der Waals surface area contributed by atoms with Gasteiger partial charge in [-0.15, -0.1) is 11.3 Å². The van der Waals surface area contributed by atoms with Crippen molar-refractivity contribution < 1.29 is 9.84 Å². The molecule has 0 amide bonds. The Hall–Kier alpha value is -0.580. The van der Waals surface area contributed by atoms with Gasteiger partial charge in [0.2, 0.25) is 0 Å². The summed E-state index contributed by atoms with van der Waals surface area (Å²) in [6, 6.07) is 0. The first-order valence-corrected chi connectivity index (χ1v) is 6.78. The van der Waals surface area contributed by atoms with Gasteiger partial charge in [0.1, 0.15) is 18.5 Å². The summed E-state index contributed by atoms with van der Waals surface area (Å²) in [5, 5.41) is 15.0. The van der Waals surface area contributed by atoms with Crippen LogP contribution in [0, 0.1) is 13.8 Å². The Bertz CT molecular complexity index is 355. The van der Waals surface area contributed by atoms with Crippen LogP contribution in [0.25, 0.3) is 0 Å². The van der Waals surface area contributed by atoms with E-state index in [4.69, 9.17) is 4.74 Å². The van der Waals surface area contributed by atoms with E-state index in [2.05, 4.69) is 33.0 Å². The third kappa shape index (κ3) is 5.06. The van der Waals surface area contributed by atoms with E-state index in [0.29, 0.717) is 13.2 Å². The second kappa shape index (κ2) is 5.85. The third-order valence-corrected chi connectivity index (χ3v) is 3.53. The molecular formula is C13H23NO2S. The molecule has 0 spiro atoms. The van der Waals surface area contributed by atoms with E-state index in [1.165, 1.54) is 10.4 Å². The highest BCUT2D eigenvalue weighted by Crippen LogP contribution is 2.27. The summed E-state index contributed by atoms with van der Waals surface area (Å²) in [6.07, 6.45) is -0.478. The average Bonchev–Trinajstić information content (AvgIpc) is 2.53. The molecule has 2 N–H and O–H groups in total. The van der Waals surface area contributed by atoms with Gasteiger partial charge in [-0.2, -0.15) is 0 Å². The van der Waals surface area contributed by atoms with Crippen molar-refractivity contribution in [2.75, 3.05) is 13.2 Å². The van der Waals surface area contributed by atoms with Crippen LogP contribution in [0.3, 0.4) is 0 Å². The average molecular weight is 257 g/mol. The molecular weight excluding hydrogens is 234 g/mol. The highest BCUT2D eigenvalue weighted by molar-refractivity contribution is 7.10. The summed E-state index contributed by atoms with van der Waals surface area (Å²) in [6.45, 7) is 11.2. The van der Waals surface area contributed by atoms with Crippen LogP contribution < -0.4 is 10.1 Å². The van der Waals surface area contributed by atoms with Gasteiger partial charge >= 0.3 is 0 Å². The van der Waals surface area contributed by atoms with Gasteiger partial charge in [0.25, 0.3) is 0 Å². The quantitative estimate of drug-likeness (QED) is 0.851. The van der Waals surface area contributed by atoms with Crippen LogP contribution in [-0.2, 0) is 0 Å². The molecule has 0 fully saturated rings. The molecule has 1 unspecified atom stereocenters. The Morgan fingerprint density at radius 2 is 2.06 bits per heavy atom. The monoisotopic (exact) mass is 257 g/mol. The zero-order chi connectivity index (χ0) is 13.1. The van der Waals surface area contributed by atoms with Crippen LogP contribution in [0.15, 0.2) is 5.38 Å². The first kappa shape index (κ1) is 14.5. The predicted octanol–water partition coefficient (Wildman–Crippen LogP) is 2.49. The number of nitrogens with one attached hydrogen (secondary N) is 1. The molecule has 0 bridgehead atoms. The molecule has 0 aliphatic heterocycles. The van der Waals surface area contributed by atoms with Gasteiger partial charge in [0, 0.05) is 27.9 Å². The standard InChI is InChI=1S/C13H23NO2S/c1-9-10(2)17-8-12(9)16-7-11(15)6-14-13(3,4)5/h8,11,14-15H,6-7H2,1-5H3. The van der Waals surface area contributed by atoms with Gasteiger partial charge in [0.15, 0.2) is 0 Å². The summed E-state index contributed by atoms with van der Waals surface area (Å²) in [5.74, 6) is 0.891. The fraction of sp³-hybridized carbons (Fsp3) is 0.692. The molecule has 3 nitrogen and oxygen atoms in total. The van der Waals surface area contributed by atoms with Crippen molar-refractivity contribution in [1.29, 1.82) is 0 Å².